The topological polar surface area (TPSA) is 58.6 Å². The van der Waals surface area contributed by atoms with E-state index in [-0.39, 0.29) is 18.2 Å². The molecule has 0 bridgehead atoms. The second-order valence-corrected chi connectivity index (χ2v) is 6.16. The van der Waals surface area contributed by atoms with Crippen LogP contribution in [0.1, 0.15) is 30.4 Å². The van der Waals surface area contributed by atoms with E-state index < -0.39 is 12.0 Å². The summed E-state index contributed by atoms with van der Waals surface area (Å²) >= 11 is 5.94. The van der Waals surface area contributed by atoms with Gasteiger partial charge in [-0.3, -0.25) is 10.0 Å². The third-order valence-electron chi connectivity index (χ3n) is 4.01. The van der Waals surface area contributed by atoms with Gasteiger partial charge in [-0.25, -0.2) is 9.87 Å². The summed E-state index contributed by atoms with van der Waals surface area (Å²) in [4.78, 5) is 11.7. The van der Waals surface area contributed by atoms with Crippen molar-refractivity contribution in [1.29, 1.82) is 0 Å². The highest BCUT2D eigenvalue weighted by Crippen LogP contribution is 2.29. The van der Waals surface area contributed by atoms with Gasteiger partial charge in [-0.2, -0.15) is 0 Å². The summed E-state index contributed by atoms with van der Waals surface area (Å²) < 4.78 is 19.1. The fourth-order valence-electron chi connectivity index (χ4n) is 2.81. The van der Waals surface area contributed by atoms with Crippen LogP contribution >= 0.6 is 11.6 Å². The van der Waals surface area contributed by atoms with Crippen LogP contribution in [-0.4, -0.2) is 23.8 Å². The van der Waals surface area contributed by atoms with Gasteiger partial charge >= 0.3 is 0 Å². The number of carbonyl (C=O) groups excluding carboxylic acids is 1. The predicted molar refractivity (Wildman–Crippen MR) is 94.3 cm³/mol. The Morgan fingerprint density at radius 3 is 2.40 bits per heavy atom. The average Bonchev–Trinajstić information content (AvgIpc) is 2.61. The number of hydrogen-bond acceptors (Lipinski definition) is 3. The van der Waals surface area contributed by atoms with Gasteiger partial charge in [0.25, 0.3) is 0 Å². The molecule has 0 aliphatic carbocycles. The lowest BCUT2D eigenvalue weighted by Crippen LogP contribution is -2.31. The third kappa shape index (κ3) is 5.81. The number of nitrogens with one attached hydrogen (secondary N) is 1. The number of rotatable bonds is 8. The molecule has 2 aromatic rings. The highest BCUT2D eigenvalue weighted by atomic mass is 35.5. The van der Waals surface area contributed by atoms with Crippen molar-refractivity contribution < 1.29 is 19.1 Å². The van der Waals surface area contributed by atoms with Crippen molar-refractivity contribution in [3.8, 4) is 0 Å². The van der Waals surface area contributed by atoms with Gasteiger partial charge in [0.05, 0.1) is 12.5 Å². The summed E-state index contributed by atoms with van der Waals surface area (Å²) in [5.74, 6) is -1.03. The van der Waals surface area contributed by atoms with Gasteiger partial charge in [0.15, 0.2) is 0 Å². The van der Waals surface area contributed by atoms with E-state index in [9.17, 15) is 9.18 Å². The first-order chi connectivity index (χ1) is 12.0. The maximum Gasteiger partial charge on any atom is 0.245 e. The zero-order valence-electron chi connectivity index (χ0n) is 13.9. The van der Waals surface area contributed by atoms with Crippen LogP contribution in [0.5, 0.6) is 0 Å². The Balaban J connectivity index is 2.32. The number of amides is 1. The summed E-state index contributed by atoms with van der Waals surface area (Å²) in [7, 11) is 0. The highest BCUT2D eigenvalue weighted by molar-refractivity contribution is 6.30. The average molecular weight is 366 g/mol. The first kappa shape index (κ1) is 19.4. The van der Waals surface area contributed by atoms with Crippen molar-refractivity contribution in [3.05, 3.63) is 70.5 Å². The Morgan fingerprint density at radius 1 is 1.20 bits per heavy atom. The van der Waals surface area contributed by atoms with Gasteiger partial charge in [0, 0.05) is 17.5 Å². The van der Waals surface area contributed by atoms with Crippen LogP contribution in [0.3, 0.4) is 0 Å². The van der Waals surface area contributed by atoms with Crippen LogP contribution < -0.4 is 5.48 Å². The van der Waals surface area contributed by atoms with E-state index >= 15 is 0 Å². The lowest BCUT2D eigenvalue weighted by atomic mass is 9.85. The molecule has 0 aromatic heterocycles. The summed E-state index contributed by atoms with van der Waals surface area (Å²) in [5, 5.41) is 9.48. The highest BCUT2D eigenvalue weighted by Gasteiger charge is 2.26. The summed E-state index contributed by atoms with van der Waals surface area (Å²) in [6.45, 7) is 2.26. The molecule has 0 fully saturated rings. The number of ether oxygens (including phenoxy) is 1. The van der Waals surface area contributed by atoms with Gasteiger partial charge in [-0.1, -0.05) is 35.9 Å². The van der Waals surface area contributed by atoms with Crippen LogP contribution in [0.25, 0.3) is 0 Å². The van der Waals surface area contributed by atoms with Crippen LogP contribution in [0.4, 0.5) is 4.39 Å². The molecule has 2 atom stereocenters. The number of halogens is 2. The van der Waals surface area contributed by atoms with Gasteiger partial charge in [0.2, 0.25) is 5.91 Å². The van der Waals surface area contributed by atoms with Crippen molar-refractivity contribution in [2.45, 2.75) is 31.8 Å². The molecule has 0 saturated heterocycles. The number of carbonyl (C=O) groups is 1. The quantitative estimate of drug-likeness (QED) is 0.547. The van der Waals surface area contributed by atoms with Crippen molar-refractivity contribution >= 4 is 17.5 Å². The molecular weight excluding hydrogens is 345 g/mol. The molecule has 0 spiro atoms. The molecule has 4 nitrogen and oxygen atoms in total. The second kappa shape index (κ2) is 9.51. The van der Waals surface area contributed by atoms with Crippen LogP contribution in [0.15, 0.2) is 48.5 Å². The van der Waals surface area contributed by atoms with E-state index in [1.54, 1.807) is 29.7 Å². The van der Waals surface area contributed by atoms with Gasteiger partial charge < -0.3 is 4.74 Å². The molecule has 0 aliphatic heterocycles. The Kier molecular flexibility index (Phi) is 7.37. The van der Waals surface area contributed by atoms with E-state index in [0.717, 1.165) is 11.1 Å². The van der Waals surface area contributed by atoms with Crippen LogP contribution in [0, 0.1) is 5.82 Å². The van der Waals surface area contributed by atoms with Gasteiger partial charge in [-0.05, 0) is 48.7 Å². The lowest BCUT2D eigenvalue weighted by Gasteiger charge is -2.27. The molecule has 2 rings (SSSR count). The van der Waals surface area contributed by atoms with Crippen molar-refractivity contribution in [3.63, 3.8) is 0 Å². The van der Waals surface area contributed by atoms with Gasteiger partial charge in [-0.15, -0.1) is 0 Å². The molecule has 1 unspecified atom stereocenters. The fraction of sp³-hybridized carbons (Fsp3) is 0.316. The predicted octanol–water partition coefficient (Wildman–Crippen LogP) is 4.11. The van der Waals surface area contributed by atoms with E-state index in [2.05, 4.69) is 0 Å². The molecule has 0 aliphatic rings. The Bertz CT molecular complexity index is 676. The zero-order chi connectivity index (χ0) is 18.2. The molecule has 25 heavy (non-hydrogen) atoms. The van der Waals surface area contributed by atoms with Gasteiger partial charge in [0.1, 0.15) is 5.82 Å². The maximum absolute atomic E-state index is 13.3. The van der Waals surface area contributed by atoms with Crippen molar-refractivity contribution in [2.24, 2.45) is 0 Å². The second-order valence-electron chi connectivity index (χ2n) is 5.72. The number of benzene rings is 2. The van der Waals surface area contributed by atoms with E-state index in [1.807, 2.05) is 19.1 Å². The molecule has 134 valence electrons. The normalized spacial score (nSPS) is 13.3. The zero-order valence-corrected chi connectivity index (χ0v) is 14.7. The van der Waals surface area contributed by atoms with Crippen LogP contribution in [-0.2, 0) is 16.0 Å². The van der Waals surface area contributed by atoms with Crippen LogP contribution in [0.2, 0.25) is 5.02 Å². The van der Waals surface area contributed by atoms with Crippen molar-refractivity contribution in [1.82, 2.24) is 5.48 Å². The molecular formula is C19H21ClFNO3. The van der Waals surface area contributed by atoms with E-state index in [4.69, 9.17) is 21.5 Å². The summed E-state index contributed by atoms with van der Waals surface area (Å²) in [6.07, 6.45) is 0.130. The molecule has 2 aromatic carbocycles. The number of hydroxylamine groups is 1. The maximum atomic E-state index is 13.3. The number of hydrogen-bond donors (Lipinski definition) is 2. The van der Waals surface area contributed by atoms with E-state index in [0.29, 0.717) is 18.1 Å². The molecule has 0 saturated carbocycles. The molecule has 6 heteroatoms. The fourth-order valence-corrected chi connectivity index (χ4v) is 2.93. The first-order valence-electron chi connectivity index (χ1n) is 8.08. The monoisotopic (exact) mass is 365 g/mol. The minimum Gasteiger partial charge on any atom is -0.377 e. The first-order valence-corrected chi connectivity index (χ1v) is 8.45. The molecule has 2 N–H and O–H groups in total. The molecule has 0 heterocycles. The largest absolute Gasteiger partial charge is 0.377 e. The molecule has 1 amide bonds. The lowest BCUT2D eigenvalue weighted by molar-refractivity contribution is -0.132. The summed E-state index contributed by atoms with van der Waals surface area (Å²) in [6, 6.07) is 13.6. The Morgan fingerprint density at radius 2 is 1.84 bits per heavy atom. The van der Waals surface area contributed by atoms with Crippen molar-refractivity contribution in [2.75, 3.05) is 6.61 Å². The minimum atomic E-state index is -0.526. The van der Waals surface area contributed by atoms with E-state index in [1.165, 1.54) is 12.1 Å². The Hall–Kier alpha value is -1.95. The molecule has 0 radical (unpaired) electrons. The summed E-state index contributed by atoms with van der Waals surface area (Å²) in [5.41, 5.74) is 3.53. The SMILES string of the molecule is CCOC(CC(=O)NO)[C@H](Cc1ccc(Cl)cc1)c1ccc(F)cc1. The standard InChI is InChI=1S/C19H21ClFNO3/c1-2-25-18(12-19(23)22-24)17(14-5-9-16(21)10-6-14)11-13-3-7-15(20)8-4-13/h3-10,17-18,24H,2,11-12H2,1H3,(H,22,23)/t17-,18?/m1/s1. The Labute approximate surface area is 151 Å². The third-order valence-corrected chi connectivity index (χ3v) is 4.26. The smallest absolute Gasteiger partial charge is 0.245 e. The minimum absolute atomic E-state index is 0.0000269.